The average Bonchev–Trinajstić information content (AvgIpc) is 1.81. The Hall–Kier alpha value is -0.0100. The van der Waals surface area contributed by atoms with Crippen LogP contribution in [-0.2, 0) is 0 Å². The maximum atomic E-state index is 3.76. The SMILES string of the molecule is CCCCCC#C[P]. The normalized spacial score (nSPS) is 7.75. The van der Waals surface area contributed by atoms with Crippen molar-refractivity contribution in [2.45, 2.75) is 32.6 Å². The van der Waals surface area contributed by atoms with Gasteiger partial charge in [-0.25, -0.2) is 0 Å². The number of rotatable bonds is 3. The van der Waals surface area contributed by atoms with Gasteiger partial charge in [-0.05, 0) is 6.42 Å². The van der Waals surface area contributed by atoms with Crippen molar-refractivity contribution < 1.29 is 0 Å². The molecule has 0 unspecified atom stereocenters. The van der Waals surface area contributed by atoms with Crippen LogP contribution in [0.5, 0.6) is 0 Å². The van der Waals surface area contributed by atoms with Crippen molar-refractivity contribution in [3.05, 3.63) is 0 Å². The van der Waals surface area contributed by atoms with Crippen LogP contribution < -0.4 is 0 Å². The molecule has 0 saturated carbocycles. The van der Waals surface area contributed by atoms with Crippen molar-refractivity contribution in [3.63, 3.8) is 0 Å². The Bertz CT molecular complexity index is 86.3. The molecule has 0 N–H and O–H groups in total. The molecule has 0 nitrogen and oxygen atoms in total. The van der Waals surface area contributed by atoms with E-state index < -0.39 is 0 Å². The van der Waals surface area contributed by atoms with Crippen LogP contribution in [0.3, 0.4) is 0 Å². The molecule has 0 saturated heterocycles. The standard InChI is InChI=1S/C7H11P/c1-2-3-4-5-6-7-8/h2-5H2,1H3. The van der Waals surface area contributed by atoms with Crippen LogP contribution in [0.15, 0.2) is 0 Å². The van der Waals surface area contributed by atoms with Crippen molar-refractivity contribution in [1.82, 2.24) is 0 Å². The van der Waals surface area contributed by atoms with Crippen molar-refractivity contribution in [2.75, 3.05) is 0 Å². The lowest BCUT2D eigenvalue weighted by Crippen LogP contribution is -1.69. The van der Waals surface area contributed by atoms with Crippen LogP contribution in [0.4, 0.5) is 0 Å². The summed E-state index contributed by atoms with van der Waals surface area (Å²) in [6, 6.07) is 0. The first-order valence-corrected chi connectivity index (χ1v) is 3.48. The fourth-order valence-corrected chi connectivity index (χ4v) is 0.631. The first-order valence-electron chi connectivity index (χ1n) is 3.03. The molecule has 0 aliphatic rings. The molecule has 0 spiro atoms. The molecule has 0 aromatic rings. The molecule has 0 rings (SSSR count). The molecular formula is C7H11P. The largest absolute Gasteiger partial charge is 0.0979 e. The van der Waals surface area contributed by atoms with Gasteiger partial charge in [-0.15, -0.1) is 0 Å². The molecule has 8 heavy (non-hydrogen) atoms. The van der Waals surface area contributed by atoms with Crippen molar-refractivity contribution >= 4 is 9.24 Å². The third-order valence-electron chi connectivity index (χ3n) is 0.984. The van der Waals surface area contributed by atoms with E-state index in [-0.39, 0.29) is 0 Å². The van der Waals surface area contributed by atoms with E-state index in [9.17, 15) is 0 Å². The van der Waals surface area contributed by atoms with E-state index in [1.54, 1.807) is 0 Å². The molecule has 0 aliphatic carbocycles. The molecule has 0 aromatic carbocycles. The molecule has 0 fully saturated rings. The smallest absolute Gasteiger partial charge is 0.0586 e. The predicted octanol–water partition coefficient (Wildman–Crippen LogP) is 2.94. The fraction of sp³-hybridized carbons (Fsp3) is 0.714. The summed E-state index contributed by atoms with van der Waals surface area (Å²) in [7, 11) is 3.76. The van der Waals surface area contributed by atoms with E-state index in [0.29, 0.717) is 0 Å². The third kappa shape index (κ3) is 5.99. The van der Waals surface area contributed by atoms with Crippen molar-refractivity contribution in [3.8, 4) is 11.6 Å². The summed E-state index contributed by atoms with van der Waals surface area (Å²) < 4.78 is 0. The van der Waals surface area contributed by atoms with E-state index in [0.717, 1.165) is 6.42 Å². The Morgan fingerprint density at radius 1 is 1.38 bits per heavy atom. The third-order valence-corrected chi connectivity index (χ3v) is 1.14. The van der Waals surface area contributed by atoms with Crippen LogP contribution in [0.1, 0.15) is 32.6 Å². The summed E-state index contributed by atoms with van der Waals surface area (Å²) in [5.74, 6) is 2.90. The topological polar surface area (TPSA) is 0 Å². The van der Waals surface area contributed by atoms with Gasteiger partial charge in [0.05, 0.1) is 9.24 Å². The minimum atomic E-state index is 1.01. The van der Waals surface area contributed by atoms with Crippen molar-refractivity contribution in [2.24, 2.45) is 0 Å². The Labute approximate surface area is 54.3 Å². The zero-order chi connectivity index (χ0) is 6.24. The number of hydrogen-bond donors (Lipinski definition) is 0. The minimum Gasteiger partial charge on any atom is -0.0979 e. The van der Waals surface area contributed by atoms with Gasteiger partial charge in [-0.1, -0.05) is 31.3 Å². The molecule has 0 atom stereocenters. The summed E-state index contributed by atoms with van der Waals surface area (Å²) in [6.07, 6.45) is 4.80. The minimum absolute atomic E-state index is 1.01. The highest BCUT2D eigenvalue weighted by Gasteiger charge is 1.78. The second-order valence-corrected chi connectivity index (χ2v) is 1.97. The van der Waals surface area contributed by atoms with Crippen LogP contribution in [0, 0.1) is 11.6 Å². The summed E-state index contributed by atoms with van der Waals surface area (Å²) in [6.45, 7) is 2.19. The molecule has 0 amide bonds. The highest BCUT2D eigenvalue weighted by Crippen LogP contribution is 1.96. The molecule has 0 heterocycles. The van der Waals surface area contributed by atoms with Gasteiger partial charge in [-0.2, -0.15) is 0 Å². The number of unbranched alkanes of at least 4 members (excludes halogenated alkanes) is 3. The van der Waals surface area contributed by atoms with E-state index in [2.05, 4.69) is 27.7 Å². The van der Waals surface area contributed by atoms with Gasteiger partial charge >= 0.3 is 0 Å². The lowest BCUT2D eigenvalue weighted by Gasteiger charge is -1.86. The zero-order valence-electron chi connectivity index (χ0n) is 5.28. The van der Waals surface area contributed by atoms with E-state index in [1.807, 2.05) is 0 Å². The fourth-order valence-electron chi connectivity index (χ4n) is 0.519. The summed E-state index contributed by atoms with van der Waals surface area (Å²) in [5.41, 5.74) is 2.57. The molecule has 2 radical (unpaired) electrons. The maximum absolute atomic E-state index is 3.76. The number of hydrogen-bond acceptors (Lipinski definition) is 0. The van der Waals surface area contributed by atoms with Gasteiger partial charge < -0.3 is 0 Å². The Balaban J connectivity index is 2.79. The lowest BCUT2D eigenvalue weighted by molar-refractivity contribution is 0.737. The first-order chi connectivity index (χ1) is 3.91. The van der Waals surface area contributed by atoms with Gasteiger partial charge in [0, 0.05) is 6.42 Å². The highest BCUT2D eigenvalue weighted by molar-refractivity contribution is 7.23. The Morgan fingerprint density at radius 3 is 2.62 bits per heavy atom. The van der Waals surface area contributed by atoms with Gasteiger partial charge in [-0.3, -0.25) is 0 Å². The molecule has 1 heteroatoms. The quantitative estimate of drug-likeness (QED) is 0.310. The highest BCUT2D eigenvalue weighted by atomic mass is 31.0. The second kappa shape index (κ2) is 6.99. The van der Waals surface area contributed by atoms with E-state index in [1.165, 1.54) is 19.3 Å². The van der Waals surface area contributed by atoms with Crippen LogP contribution in [0.2, 0.25) is 0 Å². The lowest BCUT2D eigenvalue weighted by atomic mass is 10.2. The average molecular weight is 126 g/mol. The molecule has 44 valence electrons. The van der Waals surface area contributed by atoms with Gasteiger partial charge in [0.1, 0.15) is 0 Å². The van der Waals surface area contributed by atoms with E-state index >= 15 is 0 Å². The maximum Gasteiger partial charge on any atom is 0.0586 e. The summed E-state index contributed by atoms with van der Waals surface area (Å²) in [4.78, 5) is 0. The molecular weight excluding hydrogens is 115 g/mol. The Kier molecular flexibility index (Phi) is 6.98. The second-order valence-electron chi connectivity index (χ2n) is 1.75. The van der Waals surface area contributed by atoms with Crippen molar-refractivity contribution in [1.29, 1.82) is 0 Å². The molecule has 0 aromatic heterocycles. The van der Waals surface area contributed by atoms with Crippen LogP contribution >= 0.6 is 9.24 Å². The first kappa shape index (κ1) is 7.99. The predicted molar refractivity (Wildman–Crippen MR) is 38.8 cm³/mol. The van der Waals surface area contributed by atoms with Gasteiger partial charge in [0.15, 0.2) is 0 Å². The monoisotopic (exact) mass is 126 g/mol. The summed E-state index contributed by atoms with van der Waals surface area (Å²) >= 11 is 0. The van der Waals surface area contributed by atoms with Gasteiger partial charge in [0.2, 0.25) is 0 Å². The van der Waals surface area contributed by atoms with Gasteiger partial charge in [0.25, 0.3) is 0 Å². The summed E-state index contributed by atoms with van der Waals surface area (Å²) in [5, 5.41) is 0. The molecule has 0 bridgehead atoms. The molecule has 0 aliphatic heterocycles. The Morgan fingerprint density at radius 2 is 2.12 bits per heavy atom. The van der Waals surface area contributed by atoms with E-state index in [4.69, 9.17) is 0 Å². The zero-order valence-corrected chi connectivity index (χ0v) is 6.17. The van der Waals surface area contributed by atoms with Crippen LogP contribution in [0.25, 0.3) is 0 Å². The van der Waals surface area contributed by atoms with Crippen LogP contribution in [-0.4, -0.2) is 0 Å².